The molecule has 0 aliphatic carbocycles. The second-order valence-electron chi connectivity index (χ2n) is 3.50. The maximum absolute atomic E-state index is 13.0. The topological polar surface area (TPSA) is 40.9 Å². The molecule has 0 fully saturated rings. The quantitative estimate of drug-likeness (QED) is 0.792. The van der Waals surface area contributed by atoms with Crippen LogP contribution in [0, 0.1) is 17.1 Å². The van der Waals surface area contributed by atoms with Gasteiger partial charge < -0.3 is 0 Å². The molecule has 1 aromatic rings. The Morgan fingerprint density at radius 2 is 2.20 bits per heavy atom. The van der Waals surface area contributed by atoms with Crippen molar-refractivity contribution in [2.75, 3.05) is 0 Å². The molecule has 4 heteroatoms. The summed E-state index contributed by atoms with van der Waals surface area (Å²) in [6.07, 6.45) is 0. The minimum atomic E-state index is -0.971. The number of hydrogen-bond donors (Lipinski definition) is 0. The Balaban J connectivity index is 2.89. The Kier molecular flexibility index (Phi) is 3.98. The van der Waals surface area contributed by atoms with Crippen LogP contribution >= 0.6 is 0 Å². The van der Waals surface area contributed by atoms with Crippen molar-refractivity contribution in [3.05, 3.63) is 35.1 Å². The third kappa shape index (κ3) is 3.14. The number of rotatable bonds is 3. The van der Waals surface area contributed by atoms with Crippen LogP contribution in [0.5, 0.6) is 0 Å². The summed E-state index contributed by atoms with van der Waals surface area (Å²) < 4.78 is 24.5. The normalized spacial score (nSPS) is 12.5. The minimum absolute atomic E-state index is 0.00764. The second kappa shape index (κ2) is 5.04. The van der Waals surface area contributed by atoms with Gasteiger partial charge in [0.05, 0.1) is 5.56 Å². The summed E-state index contributed by atoms with van der Waals surface area (Å²) in [7, 11) is -0.971. The van der Waals surface area contributed by atoms with Crippen LogP contribution in [0.15, 0.2) is 18.2 Å². The van der Waals surface area contributed by atoms with Crippen LogP contribution in [0.25, 0.3) is 0 Å². The molecule has 0 bridgehead atoms. The van der Waals surface area contributed by atoms with Crippen molar-refractivity contribution < 1.29 is 8.60 Å². The molecular weight excluding hydrogens is 213 g/mol. The summed E-state index contributed by atoms with van der Waals surface area (Å²) >= 11 is 0. The van der Waals surface area contributed by atoms with E-state index in [-0.39, 0.29) is 10.8 Å². The standard InChI is InChI=1S/C11H12FNOS/c1-8(2)15(14)7-9-3-4-11(12)10(5-9)6-13/h3-5,8H,7H2,1-2H3. The van der Waals surface area contributed by atoms with Crippen LogP contribution in [0.2, 0.25) is 0 Å². The van der Waals surface area contributed by atoms with E-state index in [0.717, 1.165) is 5.56 Å². The first-order valence-electron chi connectivity index (χ1n) is 4.60. The molecule has 0 aromatic heterocycles. The van der Waals surface area contributed by atoms with Crippen molar-refractivity contribution in [1.82, 2.24) is 0 Å². The number of hydrogen-bond acceptors (Lipinski definition) is 2. The molecule has 0 aliphatic rings. The predicted molar refractivity (Wildman–Crippen MR) is 58.1 cm³/mol. The smallest absolute Gasteiger partial charge is 0.140 e. The molecule has 0 saturated heterocycles. The lowest BCUT2D eigenvalue weighted by atomic mass is 10.1. The van der Waals surface area contributed by atoms with Crippen LogP contribution < -0.4 is 0 Å². The van der Waals surface area contributed by atoms with E-state index in [1.807, 2.05) is 13.8 Å². The van der Waals surface area contributed by atoms with E-state index in [4.69, 9.17) is 5.26 Å². The third-order valence-corrected chi connectivity index (χ3v) is 3.66. The van der Waals surface area contributed by atoms with E-state index in [1.54, 1.807) is 12.1 Å². The molecular formula is C11H12FNOS. The third-order valence-electron chi connectivity index (χ3n) is 1.99. The van der Waals surface area contributed by atoms with E-state index < -0.39 is 16.6 Å². The van der Waals surface area contributed by atoms with Crippen LogP contribution in [0.3, 0.4) is 0 Å². The Morgan fingerprint density at radius 1 is 1.53 bits per heavy atom. The van der Waals surface area contributed by atoms with Crippen molar-refractivity contribution in [1.29, 1.82) is 5.26 Å². The second-order valence-corrected chi connectivity index (χ2v) is 5.49. The van der Waals surface area contributed by atoms with Crippen molar-refractivity contribution in [2.45, 2.75) is 24.9 Å². The summed E-state index contributed by atoms with van der Waals surface area (Å²) in [4.78, 5) is 0. The van der Waals surface area contributed by atoms with Gasteiger partial charge in [0.15, 0.2) is 0 Å². The van der Waals surface area contributed by atoms with Crippen molar-refractivity contribution in [2.24, 2.45) is 0 Å². The molecule has 0 aliphatic heterocycles. The largest absolute Gasteiger partial charge is 0.259 e. The van der Waals surface area contributed by atoms with Gasteiger partial charge in [-0.2, -0.15) is 5.26 Å². The van der Waals surface area contributed by atoms with Crippen LogP contribution in [0.1, 0.15) is 25.0 Å². The number of nitrogens with zero attached hydrogens (tertiary/aromatic N) is 1. The highest BCUT2D eigenvalue weighted by molar-refractivity contribution is 7.84. The molecule has 80 valence electrons. The first-order chi connectivity index (χ1) is 7.04. The molecule has 15 heavy (non-hydrogen) atoms. The highest BCUT2D eigenvalue weighted by Gasteiger charge is 2.08. The van der Waals surface area contributed by atoms with E-state index in [1.165, 1.54) is 12.1 Å². The van der Waals surface area contributed by atoms with E-state index in [9.17, 15) is 8.60 Å². The van der Waals surface area contributed by atoms with Crippen LogP contribution in [-0.2, 0) is 16.6 Å². The van der Waals surface area contributed by atoms with Gasteiger partial charge >= 0.3 is 0 Å². The molecule has 2 nitrogen and oxygen atoms in total. The SMILES string of the molecule is CC(C)S(=O)Cc1ccc(F)c(C#N)c1. The van der Waals surface area contributed by atoms with Gasteiger partial charge in [-0.1, -0.05) is 19.9 Å². The van der Waals surface area contributed by atoms with Gasteiger partial charge in [0.25, 0.3) is 0 Å². The van der Waals surface area contributed by atoms with Crippen molar-refractivity contribution in [3.8, 4) is 6.07 Å². The molecule has 0 saturated carbocycles. The summed E-state index contributed by atoms with van der Waals surface area (Å²) in [5.41, 5.74) is 0.744. The molecule has 0 heterocycles. The highest BCUT2D eigenvalue weighted by atomic mass is 32.2. The van der Waals surface area contributed by atoms with E-state index in [2.05, 4.69) is 0 Å². The van der Waals surface area contributed by atoms with E-state index in [0.29, 0.717) is 5.75 Å². The van der Waals surface area contributed by atoms with Gasteiger partial charge in [0.1, 0.15) is 11.9 Å². The fraction of sp³-hybridized carbons (Fsp3) is 0.364. The monoisotopic (exact) mass is 225 g/mol. The Bertz CT molecular complexity index is 423. The average Bonchev–Trinajstić information content (AvgIpc) is 2.20. The summed E-state index contributed by atoms with van der Waals surface area (Å²) in [5.74, 6) is -0.163. The van der Waals surface area contributed by atoms with Gasteiger partial charge in [-0.25, -0.2) is 4.39 Å². The van der Waals surface area contributed by atoms with Gasteiger partial charge in [-0.15, -0.1) is 0 Å². The fourth-order valence-corrected chi connectivity index (χ4v) is 1.92. The minimum Gasteiger partial charge on any atom is -0.259 e. The maximum Gasteiger partial charge on any atom is 0.140 e. The number of halogens is 1. The summed E-state index contributed by atoms with van der Waals surface area (Å²) in [6.45, 7) is 3.73. The lowest BCUT2D eigenvalue weighted by Gasteiger charge is -2.05. The van der Waals surface area contributed by atoms with Crippen LogP contribution in [0.4, 0.5) is 4.39 Å². The van der Waals surface area contributed by atoms with Gasteiger partial charge in [-0.05, 0) is 17.7 Å². The van der Waals surface area contributed by atoms with Gasteiger partial charge in [-0.3, -0.25) is 4.21 Å². The average molecular weight is 225 g/mol. The zero-order valence-corrected chi connectivity index (χ0v) is 9.47. The fourth-order valence-electron chi connectivity index (χ4n) is 1.08. The molecule has 1 rings (SSSR count). The summed E-state index contributed by atoms with van der Waals surface area (Å²) in [5, 5.41) is 8.69. The van der Waals surface area contributed by atoms with Crippen molar-refractivity contribution >= 4 is 10.8 Å². The molecule has 1 atom stereocenters. The number of benzene rings is 1. The molecule has 1 unspecified atom stereocenters. The summed E-state index contributed by atoms with van der Waals surface area (Å²) in [6, 6.07) is 6.03. The zero-order valence-electron chi connectivity index (χ0n) is 8.66. The van der Waals surface area contributed by atoms with E-state index >= 15 is 0 Å². The Labute approximate surface area is 91.2 Å². The van der Waals surface area contributed by atoms with Gasteiger partial charge in [0, 0.05) is 21.8 Å². The predicted octanol–water partition coefficient (Wildman–Crippen LogP) is 2.35. The molecule has 0 amide bonds. The number of nitriles is 1. The van der Waals surface area contributed by atoms with Gasteiger partial charge in [0.2, 0.25) is 0 Å². The highest BCUT2D eigenvalue weighted by Crippen LogP contribution is 2.12. The van der Waals surface area contributed by atoms with Crippen LogP contribution in [-0.4, -0.2) is 9.46 Å². The lowest BCUT2D eigenvalue weighted by Crippen LogP contribution is -2.08. The first-order valence-corrected chi connectivity index (χ1v) is 5.98. The zero-order chi connectivity index (χ0) is 11.4. The molecule has 1 aromatic carbocycles. The molecule has 0 spiro atoms. The lowest BCUT2D eigenvalue weighted by molar-refractivity contribution is 0.623. The Hall–Kier alpha value is -1.21. The first kappa shape index (κ1) is 11.9. The molecule has 0 radical (unpaired) electrons. The van der Waals surface area contributed by atoms with Crippen molar-refractivity contribution in [3.63, 3.8) is 0 Å². The molecule has 0 N–H and O–H groups in total. The maximum atomic E-state index is 13.0. The Morgan fingerprint density at radius 3 is 2.73 bits per heavy atom.